The number of aromatic nitrogens is 3. The van der Waals surface area contributed by atoms with Crippen LogP contribution >= 0.6 is 11.3 Å². The van der Waals surface area contributed by atoms with Gasteiger partial charge in [0, 0.05) is 35.8 Å². The van der Waals surface area contributed by atoms with E-state index in [1.54, 1.807) is 23.7 Å². The SMILES string of the molecule is Cc1cccc(-c2nc3cnccn3c2NCCC(=O)N[C@@H](C)c2cccs2)c1. The number of hydrogen-bond acceptors (Lipinski definition) is 5. The summed E-state index contributed by atoms with van der Waals surface area (Å²) in [6, 6.07) is 12.3. The van der Waals surface area contributed by atoms with E-state index in [4.69, 9.17) is 4.98 Å². The largest absolute Gasteiger partial charge is 0.369 e. The highest BCUT2D eigenvalue weighted by atomic mass is 32.1. The molecule has 0 radical (unpaired) electrons. The third-order valence-corrected chi connectivity index (χ3v) is 5.77. The molecule has 0 unspecified atom stereocenters. The first-order chi connectivity index (χ1) is 14.1. The Bertz CT molecular complexity index is 1120. The zero-order valence-electron chi connectivity index (χ0n) is 16.4. The van der Waals surface area contributed by atoms with E-state index in [0.29, 0.717) is 13.0 Å². The third-order valence-electron chi connectivity index (χ3n) is 4.71. The molecule has 1 aromatic carbocycles. The molecule has 4 aromatic rings. The van der Waals surface area contributed by atoms with Crippen molar-refractivity contribution in [3.05, 3.63) is 70.8 Å². The third kappa shape index (κ3) is 4.30. The van der Waals surface area contributed by atoms with Gasteiger partial charge in [0.2, 0.25) is 5.91 Å². The molecule has 1 atom stereocenters. The van der Waals surface area contributed by atoms with Crippen LogP contribution in [0.25, 0.3) is 16.9 Å². The maximum absolute atomic E-state index is 12.4. The van der Waals surface area contributed by atoms with Crippen LogP contribution in [0.2, 0.25) is 0 Å². The summed E-state index contributed by atoms with van der Waals surface area (Å²) in [7, 11) is 0. The van der Waals surface area contributed by atoms with Crippen LogP contribution in [0.5, 0.6) is 0 Å². The summed E-state index contributed by atoms with van der Waals surface area (Å²) in [5, 5.41) is 8.48. The number of hydrogen-bond donors (Lipinski definition) is 2. The van der Waals surface area contributed by atoms with Gasteiger partial charge in [-0.15, -0.1) is 11.3 Å². The van der Waals surface area contributed by atoms with Gasteiger partial charge in [-0.1, -0.05) is 29.8 Å². The Morgan fingerprint density at radius 2 is 2.17 bits per heavy atom. The van der Waals surface area contributed by atoms with Gasteiger partial charge in [-0.2, -0.15) is 0 Å². The molecule has 0 saturated carbocycles. The maximum atomic E-state index is 12.4. The Morgan fingerprint density at radius 3 is 2.97 bits per heavy atom. The van der Waals surface area contributed by atoms with E-state index in [9.17, 15) is 4.79 Å². The average molecular weight is 406 g/mol. The van der Waals surface area contributed by atoms with E-state index in [1.807, 2.05) is 47.2 Å². The molecule has 0 aliphatic rings. The van der Waals surface area contributed by atoms with Crippen molar-refractivity contribution < 1.29 is 4.79 Å². The maximum Gasteiger partial charge on any atom is 0.222 e. The van der Waals surface area contributed by atoms with Crippen molar-refractivity contribution in [1.82, 2.24) is 19.7 Å². The minimum atomic E-state index is 0.0194. The number of imidazole rings is 1. The number of carbonyl (C=O) groups is 1. The van der Waals surface area contributed by atoms with Crippen molar-refractivity contribution in [2.24, 2.45) is 0 Å². The predicted octanol–water partition coefficient (Wildman–Crippen LogP) is 4.45. The molecule has 6 nitrogen and oxygen atoms in total. The Labute approximate surface area is 173 Å². The van der Waals surface area contributed by atoms with Gasteiger partial charge in [-0.25, -0.2) is 4.98 Å². The molecule has 3 heterocycles. The Morgan fingerprint density at radius 1 is 1.28 bits per heavy atom. The summed E-state index contributed by atoms with van der Waals surface area (Å²) in [5.74, 6) is 0.887. The number of nitrogens with zero attached hydrogens (tertiary/aromatic N) is 3. The van der Waals surface area contributed by atoms with Crippen molar-refractivity contribution in [3.8, 4) is 11.3 Å². The van der Waals surface area contributed by atoms with Crippen molar-refractivity contribution in [3.63, 3.8) is 0 Å². The van der Waals surface area contributed by atoms with Crippen LogP contribution in [0.3, 0.4) is 0 Å². The minimum Gasteiger partial charge on any atom is -0.369 e. The fourth-order valence-corrected chi connectivity index (χ4v) is 4.02. The first-order valence-electron chi connectivity index (χ1n) is 9.57. The number of benzene rings is 1. The lowest BCUT2D eigenvalue weighted by atomic mass is 10.1. The van der Waals surface area contributed by atoms with Crippen molar-refractivity contribution in [1.29, 1.82) is 0 Å². The molecule has 2 N–H and O–H groups in total. The van der Waals surface area contributed by atoms with Gasteiger partial charge in [0.15, 0.2) is 5.65 Å². The topological polar surface area (TPSA) is 71.3 Å². The minimum absolute atomic E-state index is 0.0194. The molecule has 148 valence electrons. The highest BCUT2D eigenvalue weighted by Crippen LogP contribution is 2.29. The van der Waals surface area contributed by atoms with E-state index in [0.717, 1.165) is 27.6 Å². The summed E-state index contributed by atoms with van der Waals surface area (Å²) in [6.07, 6.45) is 5.72. The first-order valence-corrected chi connectivity index (χ1v) is 10.5. The lowest BCUT2D eigenvalue weighted by Gasteiger charge is -2.13. The molecule has 1 amide bonds. The lowest BCUT2D eigenvalue weighted by molar-refractivity contribution is -0.121. The molecule has 0 bridgehead atoms. The second-order valence-corrected chi connectivity index (χ2v) is 7.94. The highest BCUT2D eigenvalue weighted by molar-refractivity contribution is 7.10. The second kappa shape index (κ2) is 8.45. The molecule has 0 spiro atoms. The first kappa shape index (κ1) is 19.1. The van der Waals surface area contributed by atoms with Gasteiger partial charge in [0.1, 0.15) is 11.5 Å². The molecular formula is C22H23N5OS. The van der Waals surface area contributed by atoms with Crippen LogP contribution in [0, 0.1) is 6.92 Å². The number of rotatable bonds is 7. The molecule has 0 saturated heterocycles. The number of thiophene rings is 1. The van der Waals surface area contributed by atoms with E-state index in [2.05, 4.69) is 34.7 Å². The summed E-state index contributed by atoms with van der Waals surface area (Å²) in [6.45, 7) is 4.58. The molecule has 0 aliphatic carbocycles. The van der Waals surface area contributed by atoms with Crippen LogP contribution in [-0.4, -0.2) is 26.8 Å². The molecule has 0 fully saturated rings. The number of carbonyl (C=O) groups excluding carboxylic acids is 1. The summed E-state index contributed by atoms with van der Waals surface area (Å²) in [4.78, 5) is 22.4. The Kier molecular flexibility index (Phi) is 5.57. The summed E-state index contributed by atoms with van der Waals surface area (Å²) < 4.78 is 1.97. The number of nitrogens with one attached hydrogen (secondary N) is 2. The zero-order valence-corrected chi connectivity index (χ0v) is 17.2. The smallest absolute Gasteiger partial charge is 0.222 e. The number of fused-ring (bicyclic) bond motifs is 1. The molecule has 7 heteroatoms. The molecule has 29 heavy (non-hydrogen) atoms. The van der Waals surface area contributed by atoms with Crippen LogP contribution in [0.4, 0.5) is 5.82 Å². The van der Waals surface area contributed by atoms with Crippen molar-refractivity contribution >= 4 is 28.7 Å². The second-order valence-electron chi connectivity index (χ2n) is 6.96. The summed E-state index contributed by atoms with van der Waals surface area (Å²) in [5.41, 5.74) is 3.83. The van der Waals surface area contributed by atoms with Crippen LogP contribution in [0.1, 0.15) is 29.8 Å². The Hall–Kier alpha value is -3.19. The zero-order chi connectivity index (χ0) is 20.2. The quantitative estimate of drug-likeness (QED) is 0.477. The predicted molar refractivity (Wildman–Crippen MR) is 117 cm³/mol. The van der Waals surface area contributed by atoms with Crippen molar-refractivity contribution in [2.45, 2.75) is 26.3 Å². The highest BCUT2D eigenvalue weighted by Gasteiger charge is 2.15. The fraction of sp³-hybridized carbons (Fsp3) is 0.227. The van der Waals surface area contributed by atoms with E-state index in [-0.39, 0.29) is 11.9 Å². The van der Waals surface area contributed by atoms with Crippen LogP contribution < -0.4 is 10.6 Å². The van der Waals surface area contributed by atoms with Gasteiger partial charge in [-0.05, 0) is 31.4 Å². The standard InChI is InChI=1S/C22H23N5OS/c1-15-5-3-6-17(13-15)21-22(27-11-10-23-14-19(27)26-21)24-9-8-20(28)25-16(2)18-7-4-12-29-18/h3-7,10-14,16,24H,8-9H2,1-2H3,(H,25,28)/t16-/m0/s1. The molecule has 3 aromatic heterocycles. The fourth-order valence-electron chi connectivity index (χ4n) is 3.29. The van der Waals surface area contributed by atoms with Gasteiger partial charge < -0.3 is 10.6 Å². The number of anilines is 1. The van der Waals surface area contributed by atoms with Crippen molar-refractivity contribution in [2.75, 3.05) is 11.9 Å². The van der Waals surface area contributed by atoms with E-state index in [1.165, 1.54) is 5.56 Å². The van der Waals surface area contributed by atoms with Crippen LogP contribution in [-0.2, 0) is 4.79 Å². The molecule has 0 aliphatic heterocycles. The molecular weight excluding hydrogens is 382 g/mol. The lowest BCUT2D eigenvalue weighted by Crippen LogP contribution is -2.27. The summed E-state index contributed by atoms with van der Waals surface area (Å²) >= 11 is 1.65. The van der Waals surface area contributed by atoms with Gasteiger partial charge >= 0.3 is 0 Å². The normalized spacial score (nSPS) is 12.1. The van der Waals surface area contributed by atoms with Crippen LogP contribution in [0.15, 0.2) is 60.4 Å². The Balaban J connectivity index is 1.49. The number of aryl methyl sites for hydroxylation is 1. The van der Waals surface area contributed by atoms with Gasteiger partial charge in [-0.3, -0.25) is 14.2 Å². The molecule has 4 rings (SSSR count). The monoisotopic (exact) mass is 405 g/mol. The van der Waals surface area contributed by atoms with E-state index < -0.39 is 0 Å². The average Bonchev–Trinajstić information content (AvgIpc) is 3.36. The van der Waals surface area contributed by atoms with E-state index >= 15 is 0 Å². The van der Waals surface area contributed by atoms with Gasteiger partial charge in [0.05, 0.1) is 12.2 Å². The van der Waals surface area contributed by atoms with Gasteiger partial charge in [0.25, 0.3) is 0 Å². The number of amides is 1.